The second-order valence-corrected chi connectivity index (χ2v) is 10.6. The van der Waals surface area contributed by atoms with Gasteiger partial charge in [-0.1, -0.05) is 0 Å². The Labute approximate surface area is 203 Å². The van der Waals surface area contributed by atoms with Crippen LogP contribution in [-0.2, 0) is 10.2 Å². The lowest BCUT2D eigenvalue weighted by Gasteiger charge is -2.36. The minimum Gasteiger partial charge on any atom is -0.369 e. The summed E-state index contributed by atoms with van der Waals surface area (Å²) in [5.74, 6) is 0.134. The molecule has 0 amide bonds. The summed E-state index contributed by atoms with van der Waals surface area (Å²) < 4.78 is 41.1. The molecule has 0 radical (unpaired) electrons. The molecule has 9 nitrogen and oxygen atoms in total. The molecule has 4 aromatic rings. The normalized spacial score (nSPS) is 15.1. The number of nitrogens with one attached hydrogen (secondary N) is 2. The number of anilines is 3. The van der Waals surface area contributed by atoms with Gasteiger partial charge in [-0.3, -0.25) is 0 Å². The van der Waals surface area contributed by atoms with E-state index in [0.29, 0.717) is 37.8 Å². The summed E-state index contributed by atoms with van der Waals surface area (Å²) in [7, 11) is -0.288. The van der Waals surface area contributed by atoms with Gasteiger partial charge in [0.1, 0.15) is 5.82 Å². The third kappa shape index (κ3) is 4.70. The van der Waals surface area contributed by atoms with Gasteiger partial charge in [0, 0.05) is 80.5 Å². The summed E-state index contributed by atoms with van der Waals surface area (Å²) in [4.78, 5) is 14.2. The first kappa shape index (κ1) is 23.2. The van der Waals surface area contributed by atoms with E-state index in [0.717, 1.165) is 27.8 Å². The quantitative estimate of drug-likeness (QED) is 0.425. The van der Waals surface area contributed by atoms with Crippen molar-refractivity contribution in [3.8, 4) is 11.3 Å². The highest BCUT2D eigenvalue weighted by molar-refractivity contribution is 7.86. The van der Waals surface area contributed by atoms with E-state index in [4.69, 9.17) is 0 Å². The Hall–Kier alpha value is -3.54. The van der Waals surface area contributed by atoms with E-state index in [2.05, 4.69) is 25.2 Å². The van der Waals surface area contributed by atoms with Gasteiger partial charge in [0.2, 0.25) is 5.95 Å². The van der Waals surface area contributed by atoms with Gasteiger partial charge in [0.25, 0.3) is 10.2 Å². The van der Waals surface area contributed by atoms with E-state index in [1.54, 1.807) is 32.4 Å². The molecule has 182 valence electrons. The van der Waals surface area contributed by atoms with Gasteiger partial charge >= 0.3 is 0 Å². The van der Waals surface area contributed by atoms with E-state index in [9.17, 15) is 12.8 Å². The second kappa shape index (κ2) is 9.25. The number of nitrogens with zero attached hydrogens (tertiary/aromatic N) is 5. The SMILES string of the molecule is CN(C)S(=O)(=O)N1CCN(c2ccc(Nc3nccc(-c4c[nH]c5ccc(F)cc45)n3)cc2)CC1. The van der Waals surface area contributed by atoms with Gasteiger partial charge in [0.15, 0.2) is 0 Å². The number of aromatic nitrogens is 3. The average Bonchev–Trinajstić information content (AvgIpc) is 3.28. The van der Waals surface area contributed by atoms with Gasteiger partial charge < -0.3 is 15.2 Å². The molecular formula is C24H26FN7O2S. The van der Waals surface area contributed by atoms with Crippen molar-refractivity contribution in [3.63, 3.8) is 0 Å². The molecule has 0 saturated carbocycles. The van der Waals surface area contributed by atoms with Crippen LogP contribution in [0.1, 0.15) is 0 Å². The van der Waals surface area contributed by atoms with Crippen LogP contribution in [-0.4, -0.2) is 72.3 Å². The Morgan fingerprint density at radius 1 is 1.03 bits per heavy atom. The van der Waals surface area contributed by atoms with Crippen LogP contribution >= 0.6 is 0 Å². The fourth-order valence-electron chi connectivity index (χ4n) is 4.17. The molecule has 2 aromatic carbocycles. The molecule has 2 N–H and O–H groups in total. The van der Waals surface area contributed by atoms with E-state index < -0.39 is 10.2 Å². The number of piperazine rings is 1. The second-order valence-electron chi connectivity index (χ2n) is 8.51. The highest BCUT2D eigenvalue weighted by Gasteiger charge is 2.28. The van der Waals surface area contributed by atoms with E-state index in [1.807, 2.05) is 30.5 Å². The first-order valence-corrected chi connectivity index (χ1v) is 12.6. The number of hydrogen-bond donors (Lipinski definition) is 2. The molecule has 0 spiro atoms. The standard InChI is InChI=1S/C24H26FN7O2S/c1-30(2)35(33,34)32-13-11-31(12-14-32)19-6-4-18(5-7-19)28-24-26-10-9-23(29-24)21-16-27-22-8-3-17(25)15-20(21)22/h3-10,15-16,27H,11-14H2,1-2H3,(H,26,28,29). The molecule has 3 heterocycles. The number of hydrogen-bond acceptors (Lipinski definition) is 6. The lowest BCUT2D eigenvalue weighted by atomic mass is 10.1. The zero-order valence-corrected chi connectivity index (χ0v) is 20.3. The van der Waals surface area contributed by atoms with Gasteiger partial charge in [-0.05, 0) is 48.5 Å². The molecule has 1 fully saturated rings. The Morgan fingerprint density at radius 2 is 1.77 bits per heavy atom. The lowest BCUT2D eigenvalue weighted by molar-refractivity contribution is 0.355. The molecule has 0 atom stereocenters. The molecule has 0 bridgehead atoms. The summed E-state index contributed by atoms with van der Waals surface area (Å²) in [6, 6.07) is 14.3. The predicted molar refractivity (Wildman–Crippen MR) is 135 cm³/mol. The van der Waals surface area contributed by atoms with E-state index in [1.165, 1.54) is 20.7 Å². The van der Waals surface area contributed by atoms with Gasteiger partial charge in [-0.15, -0.1) is 0 Å². The topological polar surface area (TPSA) is 97.5 Å². The van der Waals surface area contributed by atoms with Crippen molar-refractivity contribution in [1.82, 2.24) is 23.6 Å². The van der Waals surface area contributed by atoms with Crippen LogP contribution in [0.3, 0.4) is 0 Å². The minimum absolute atomic E-state index is 0.299. The monoisotopic (exact) mass is 495 g/mol. The molecule has 0 unspecified atom stereocenters. The Morgan fingerprint density at radius 3 is 2.49 bits per heavy atom. The summed E-state index contributed by atoms with van der Waals surface area (Å²) >= 11 is 0. The average molecular weight is 496 g/mol. The number of H-pyrrole nitrogens is 1. The van der Waals surface area contributed by atoms with Gasteiger partial charge in [0.05, 0.1) is 5.69 Å². The minimum atomic E-state index is -3.39. The first-order chi connectivity index (χ1) is 16.8. The lowest BCUT2D eigenvalue weighted by Crippen LogP contribution is -2.51. The van der Waals surface area contributed by atoms with Crippen LogP contribution in [0.15, 0.2) is 60.9 Å². The zero-order valence-electron chi connectivity index (χ0n) is 19.4. The predicted octanol–water partition coefficient (Wildman–Crippen LogP) is 3.44. The molecule has 2 aromatic heterocycles. The van der Waals surface area contributed by atoms with Crippen molar-refractivity contribution in [3.05, 3.63) is 66.7 Å². The fourth-order valence-corrected chi connectivity index (χ4v) is 5.25. The van der Waals surface area contributed by atoms with E-state index in [-0.39, 0.29) is 5.82 Å². The van der Waals surface area contributed by atoms with Crippen LogP contribution in [0.5, 0.6) is 0 Å². The van der Waals surface area contributed by atoms with Crippen LogP contribution in [0, 0.1) is 5.82 Å². The summed E-state index contributed by atoms with van der Waals surface area (Å²) in [6.45, 7) is 2.13. The number of benzene rings is 2. The molecule has 1 aliphatic heterocycles. The molecule has 11 heteroatoms. The molecule has 35 heavy (non-hydrogen) atoms. The highest BCUT2D eigenvalue weighted by Crippen LogP contribution is 2.29. The van der Waals surface area contributed by atoms with Crippen LogP contribution in [0.4, 0.5) is 21.7 Å². The van der Waals surface area contributed by atoms with Crippen LogP contribution in [0.2, 0.25) is 0 Å². The maximum atomic E-state index is 13.8. The van der Waals surface area contributed by atoms with Crippen LogP contribution in [0.25, 0.3) is 22.2 Å². The third-order valence-electron chi connectivity index (χ3n) is 6.09. The summed E-state index contributed by atoms with van der Waals surface area (Å²) in [5, 5.41) is 3.98. The van der Waals surface area contributed by atoms with Gasteiger partial charge in [-0.25, -0.2) is 14.4 Å². The maximum Gasteiger partial charge on any atom is 0.281 e. The molecule has 1 aliphatic rings. The first-order valence-electron chi connectivity index (χ1n) is 11.2. The molecule has 1 saturated heterocycles. The number of halogens is 1. The van der Waals surface area contributed by atoms with E-state index >= 15 is 0 Å². The highest BCUT2D eigenvalue weighted by atomic mass is 32.2. The molecular weight excluding hydrogens is 469 g/mol. The molecule has 0 aliphatic carbocycles. The zero-order chi connectivity index (χ0) is 24.6. The Bertz CT molecular complexity index is 1450. The summed E-state index contributed by atoms with van der Waals surface area (Å²) in [6.07, 6.45) is 3.48. The van der Waals surface area contributed by atoms with Gasteiger partial charge in [-0.2, -0.15) is 17.0 Å². The van der Waals surface area contributed by atoms with Crippen molar-refractivity contribution >= 4 is 38.4 Å². The Balaban J connectivity index is 1.27. The van der Waals surface area contributed by atoms with Crippen molar-refractivity contribution in [2.75, 3.05) is 50.5 Å². The largest absolute Gasteiger partial charge is 0.369 e. The van der Waals surface area contributed by atoms with Crippen molar-refractivity contribution in [2.24, 2.45) is 0 Å². The number of fused-ring (bicyclic) bond motifs is 1. The van der Waals surface area contributed by atoms with Crippen molar-refractivity contribution in [2.45, 2.75) is 0 Å². The smallest absolute Gasteiger partial charge is 0.281 e. The fraction of sp³-hybridized carbons (Fsp3) is 0.250. The Kier molecular flexibility index (Phi) is 6.13. The molecule has 5 rings (SSSR count). The van der Waals surface area contributed by atoms with Crippen molar-refractivity contribution in [1.29, 1.82) is 0 Å². The maximum absolute atomic E-state index is 13.8. The number of rotatable bonds is 6. The summed E-state index contributed by atoms with van der Waals surface area (Å²) in [5.41, 5.74) is 4.17. The van der Waals surface area contributed by atoms with Crippen molar-refractivity contribution < 1.29 is 12.8 Å². The van der Waals surface area contributed by atoms with Crippen LogP contribution < -0.4 is 10.2 Å². The third-order valence-corrected chi connectivity index (χ3v) is 8.03. The number of aromatic amines is 1.